The summed E-state index contributed by atoms with van der Waals surface area (Å²) in [5.41, 5.74) is 3.95. The molecule has 4 nitrogen and oxygen atoms in total. The number of nitrogens with zero attached hydrogens (tertiary/aromatic N) is 2. The Kier molecular flexibility index (Phi) is 4.39. The van der Waals surface area contributed by atoms with E-state index in [1.54, 1.807) is 0 Å². The summed E-state index contributed by atoms with van der Waals surface area (Å²) < 4.78 is 8.43. The number of hydrogen-bond donors (Lipinski definition) is 1. The van der Waals surface area contributed by atoms with Crippen LogP contribution in [0.5, 0.6) is 0 Å². The van der Waals surface area contributed by atoms with Crippen LogP contribution < -0.4 is 0 Å². The number of halogens is 1. The predicted octanol–water partition coefficient (Wildman–Crippen LogP) is 3.54. The first-order valence-corrected chi connectivity index (χ1v) is 7.60. The van der Waals surface area contributed by atoms with Crippen LogP contribution in [0.15, 0.2) is 8.89 Å². The molecule has 0 aliphatic carbocycles. The van der Waals surface area contributed by atoms with Crippen molar-refractivity contribution in [3.8, 4) is 0 Å². The van der Waals surface area contributed by atoms with Crippen molar-refractivity contribution in [2.75, 3.05) is 0 Å². The molecule has 2 aromatic rings. The number of aliphatic hydroxyl groups is 1. The Morgan fingerprint density at radius 3 is 2.40 bits per heavy atom. The lowest BCUT2D eigenvalue weighted by atomic mass is 10.0. The van der Waals surface area contributed by atoms with Crippen LogP contribution in [0.4, 0.5) is 0 Å². The van der Waals surface area contributed by atoms with Gasteiger partial charge in [0.15, 0.2) is 0 Å². The summed E-state index contributed by atoms with van der Waals surface area (Å²) in [5.74, 6) is 1.66. The fourth-order valence-electron chi connectivity index (χ4n) is 2.63. The second-order valence-corrected chi connectivity index (χ2v) is 5.95. The number of aromatic nitrogens is 2. The molecule has 0 aromatic carbocycles. The SMILES string of the molecule is CCc1nn(C)c(CC(O)c2c(C)oc(C)c2C)c1Br. The first kappa shape index (κ1) is 15.3. The van der Waals surface area contributed by atoms with Crippen molar-refractivity contribution >= 4 is 15.9 Å². The molecular formula is C15H21BrN2O2. The molecule has 2 aromatic heterocycles. The molecule has 2 rings (SSSR count). The maximum absolute atomic E-state index is 10.6. The van der Waals surface area contributed by atoms with Gasteiger partial charge in [0.05, 0.1) is 22.0 Å². The van der Waals surface area contributed by atoms with E-state index >= 15 is 0 Å². The van der Waals surface area contributed by atoms with Gasteiger partial charge in [-0.05, 0) is 48.7 Å². The first-order valence-electron chi connectivity index (χ1n) is 6.81. The van der Waals surface area contributed by atoms with Crippen LogP contribution >= 0.6 is 15.9 Å². The molecule has 0 radical (unpaired) electrons. The zero-order valence-electron chi connectivity index (χ0n) is 12.6. The molecule has 1 atom stereocenters. The highest BCUT2D eigenvalue weighted by molar-refractivity contribution is 9.10. The molecule has 0 aliphatic heterocycles. The van der Waals surface area contributed by atoms with Crippen molar-refractivity contribution in [1.82, 2.24) is 9.78 Å². The van der Waals surface area contributed by atoms with Gasteiger partial charge in [-0.1, -0.05) is 6.92 Å². The van der Waals surface area contributed by atoms with Gasteiger partial charge in [-0.2, -0.15) is 5.10 Å². The molecule has 2 heterocycles. The summed E-state index contributed by atoms with van der Waals surface area (Å²) in [4.78, 5) is 0. The van der Waals surface area contributed by atoms with Crippen LogP contribution in [-0.4, -0.2) is 14.9 Å². The summed E-state index contributed by atoms with van der Waals surface area (Å²) in [5, 5.41) is 15.0. The second kappa shape index (κ2) is 5.74. The van der Waals surface area contributed by atoms with Gasteiger partial charge < -0.3 is 9.52 Å². The van der Waals surface area contributed by atoms with Gasteiger partial charge >= 0.3 is 0 Å². The quantitative estimate of drug-likeness (QED) is 0.925. The lowest BCUT2D eigenvalue weighted by molar-refractivity contribution is 0.173. The summed E-state index contributed by atoms with van der Waals surface area (Å²) in [6, 6.07) is 0. The third kappa shape index (κ3) is 2.56. The number of aliphatic hydroxyl groups excluding tert-OH is 1. The molecule has 20 heavy (non-hydrogen) atoms. The van der Waals surface area contributed by atoms with Crippen molar-refractivity contribution in [1.29, 1.82) is 0 Å². The molecular weight excluding hydrogens is 320 g/mol. The Morgan fingerprint density at radius 1 is 1.30 bits per heavy atom. The summed E-state index contributed by atoms with van der Waals surface area (Å²) in [7, 11) is 1.91. The summed E-state index contributed by atoms with van der Waals surface area (Å²) >= 11 is 3.59. The van der Waals surface area contributed by atoms with Gasteiger partial charge in [0.1, 0.15) is 11.5 Å². The Bertz CT molecular complexity index is 628. The highest BCUT2D eigenvalue weighted by Gasteiger charge is 2.22. The van der Waals surface area contributed by atoms with Gasteiger partial charge in [0, 0.05) is 19.0 Å². The monoisotopic (exact) mass is 340 g/mol. The Hall–Kier alpha value is -1.07. The first-order chi connectivity index (χ1) is 9.36. The van der Waals surface area contributed by atoms with E-state index in [9.17, 15) is 5.11 Å². The minimum Gasteiger partial charge on any atom is -0.466 e. The van der Waals surface area contributed by atoms with Crippen LogP contribution in [0.25, 0.3) is 0 Å². The van der Waals surface area contributed by atoms with Crippen molar-refractivity contribution in [2.24, 2.45) is 7.05 Å². The minimum absolute atomic E-state index is 0.519. The Morgan fingerprint density at radius 2 is 1.95 bits per heavy atom. The predicted molar refractivity (Wildman–Crippen MR) is 81.9 cm³/mol. The van der Waals surface area contributed by atoms with Crippen molar-refractivity contribution in [3.63, 3.8) is 0 Å². The Balaban J connectivity index is 2.32. The molecule has 0 amide bonds. The van der Waals surface area contributed by atoms with Crippen LogP contribution in [-0.2, 0) is 19.9 Å². The largest absolute Gasteiger partial charge is 0.466 e. The van der Waals surface area contributed by atoms with Crippen LogP contribution in [0.1, 0.15) is 47.1 Å². The zero-order chi connectivity index (χ0) is 15.0. The highest BCUT2D eigenvalue weighted by atomic mass is 79.9. The molecule has 0 aliphatic rings. The lowest BCUT2D eigenvalue weighted by Crippen LogP contribution is -2.08. The Labute approximate surface area is 127 Å². The van der Waals surface area contributed by atoms with Crippen LogP contribution in [0, 0.1) is 20.8 Å². The fraction of sp³-hybridized carbons (Fsp3) is 0.533. The number of furan rings is 1. The van der Waals surface area contributed by atoms with E-state index in [1.165, 1.54) is 0 Å². The second-order valence-electron chi connectivity index (χ2n) is 5.16. The van der Waals surface area contributed by atoms with E-state index in [4.69, 9.17) is 4.42 Å². The third-order valence-corrected chi connectivity index (χ3v) is 4.76. The van der Waals surface area contributed by atoms with Crippen molar-refractivity contribution in [2.45, 2.75) is 46.6 Å². The van der Waals surface area contributed by atoms with Crippen LogP contribution in [0.3, 0.4) is 0 Å². The van der Waals surface area contributed by atoms with Gasteiger partial charge in [0.2, 0.25) is 0 Å². The molecule has 1 N–H and O–H groups in total. The number of aryl methyl sites for hydroxylation is 4. The van der Waals surface area contributed by atoms with E-state index in [2.05, 4.69) is 28.0 Å². The van der Waals surface area contributed by atoms with E-state index in [0.29, 0.717) is 6.42 Å². The van der Waals surface area contributed by atoms with E-state index in [0.717, 1.165) is 44.9 Å². The van der Waals surface area contributed by atoms with Crippen molar-refractivity contribution in [3.05, 3.63) is 38.5 Å². The molecule has 1 unspecified atom stereocenters. The van der Waals surface area contributed by atoms with E-state index < -0.39 is 6.10 Å². The summed E-state index contributed by atoms with van der Waals surface area (Å²) in [6.45, 7) is 7.88. The van der Waals surface area contributed by atoms with E-state index in [-0.39, 0.29) is 0 Å². The zero-order valence-corrected chi connectivity index (χ0v) is 14.2. The minimum atomic E-state index is -0.580. The van der Waals surface area contributed by atoms with Crippen LogP contribution in [0.2, 0.25) is 0 Å². The van der Waals surface area contributed by atoms with Gasteiger partial charge in [-0.25, -0.2) is 0 Å². The van der Waals surface area contributed by atoms with Crippen molar-refractivity contribution < 1.29 is 9.52 Å². The lowest BCUT2D eigenvalue weighted by Gasteiger charge is -2.12. The average Bonchev–Trinajstić information content (AvgIpc) is 2.79. The molecule has 0 bridgehead atoms. The van der Waals surface area contributed by atoms with Gasteiger partial charge in [0.25, 0.3) is 0 Å². The molecule has 0 saturated heterocycles. The molecule has 110 valence electrons. The maximum Gasteiger partial charge on any atom is 0.107 e. The third-order valence-electron chi connectivity index (χ3n) is 3.84. The standard InChI is InChI=1S/C15H21BrN2O2/c1-6-11-15(16)12(18(5)17-11)7-13(19)14-8(2)9(3)20-10(14)4/h13,19H,6-7H2,1-5H3. The highest BCUT2D eigenvalue weighted by Crippen LogP contribution is 2.31. The summed E-state index contributed by atoms with van der Waals surface area (Å²) in [6.07, 6.45) is 0.807. The molecule has 0 spiro atoms. The normalized spacial score (nSPS) is 12.9. The molecule has 0 saturated carbocycles. The van der Waals surface area contributed by atoms with Gasteiger partial charge in [-0.15, -0.1) is 0 Å². The van der Waals surface area contributed by atoms with E-state index in [1.807, 2.05) is 32.5 Å². The van der Waals surface area contributed by atoms with Gasteiger partial charge in [-0.3, -0.25) is 4.68 Å². The molecule has 5 heteroatoms. The smallest absolute Gasteiger partial charge is 0.107 e. The topological polar surface area (TPSA) is 51.2 Å². The number of hydrogen-bond acceptors (Lipinski definition) is 3. The maximum atomic E-state index is 10.6. The average molecular weight is 341 g/mol. The fourth-order valence-corrected chi connectivity index (χ4v) is 3.40. The number of rotatable bonds is 4. The molecule has 0 fully saturated rings.